The molecule has 12 heteroatoms. The molecule has 0 saturated carbocycles. The van der Waals surface area contributed by atoms with Gasteiger partial charge in [0.15, 0.2) is 16.3 Å². The molecule has 0 fully saturated rings. The maximum Gasteiger partial charge on any atom is 0.338 e. The second kappa shape index (κ2) is 11.6. The molecule has 0 aliphatic carbocycles. The summed E-state index contributed by atoms with van der Waals surface area (Å²) in [5.74, 6) is -1.24. The SMILES string of the molecule is CCOC(=O)C1=C(C)N=c2s/c(=C\c3ccc(OC)c(Oc4nc(Cl)ncc4F)c3)c(=O)n2[C@H]1c1ccc(C)cc1. The van der Waals surface area contributed by atoms with Crippen molar-refractivity contribution < 1.29 is 23.4 Å². The highest BCUT2D eigenvalue weighted by Crippen LogP contribution is 2.34. The summed E-state index contributed by atoms with van der Waals surface area (Å²) in [6, 6.07) is 11.8. The van der Waals surface area contributed by atoms with E-state index in [1.54, 1.807) is 38.1 Å². The maximum atomic E-state index is 14.2. The Morgan fingerprint density at radius 3 is 2.63 bits per heavy atom. The molecule has 0 saturated heterocycles. The Kier molecular flexibility index (Phi) is 8.00. The van der Waals surface area contributed by atoms with Crippen LogP contribution in [0.5, 0.6) is 17.4 Å². The van der Waals surface area contributed by atoms with Crippen LogP contribution < -0.4 is 24.4 Å². The number of hydrogen-bond donors (Lipinski definition) is 0. The molecular formula is C29H24ClFN4O5S. The highest BCUT2D eigenvalue weighted by molar-refractivity contribution is 7.07. The largest absolute Gasteiger partial charge is 0.493 e. The topological polar surface area (TPSA) is 105 Å². The third kappa shape index (κ3) is 5.63. The normalized spacial score (nSPS) is 14.9. The number of hydrogen-bond acceptors (Lipinski definition) is 9. The lowest BCUT2D eigenvalue weighted by molar-refractivity contribution is -0.139. The van der Waals surface area contributed by atoms with Crippen LogP contribution in [-0.4, -0.2) is 34.2 Å². The van der Waals surface area contributed by atoms with E-state index < -0.39 is 17.8 Å². The van der Waals surface area contributed by atoms with E-state index in [9.17, 15) is 14.0 Å². The summed E-state index contributed by atoms with van der Waals surface area (Å²) in [4.78, 5) is 39.3. The van der Waals surface area contributed by atoms with Crippen LogP contribution in [-0.2, 0) is 9.53 Å². The van der Waals surface area contributed by atoms with Crippen LogP contribution >= 0.6 is 22.9 Å². The van der Waals surface area contributed by atoms with Crippen LogP contribution in [0.2, 0.25) is 5.28 Å². The Labute approximate surface area is 242 Å². The Morgan fingerprint density at radius 2 is 1.93 bits per heavy atom. The van der Waals surface area contributed by atoms with Gasteiger partial charge in [0.25, 0.3) is 11.4 Å². The van der Waals surface area contributed by atoms with Gasteiger partial charge in [0.05, 0.1) is 41.8 Å². The Bertz CT molecular complexity index is 1870. The summed E-state index contributed by atoms with van der Waals surface area (Å²) in [5.41, 5.74) is 2.82. The van der Waals surface area contributed by atoms with Crippen molar-refractivity contribution in [3.8, 4) is 17.4 Å². The molecule has 4 aromatic rings. The number of methoxy groups -OCH3 is 1. The van der Waals surface area contributed by atoms with Crippen LogP contribution in [0.1, 0.15) is 36.6 Å². The smallest absolute Gasteiger partial charge is 0.338 e. The van der Waals surface area contributed by atoms with Crippen molar-refractivity contribution in [3.63, 3.8) is 0 Å². The van der Waals surface area contributed by atoms with Crippen LogP contribution in [0.25, 0.3) is 6.08 Å². The molecular weight excluding hydrogens is 571 g/mol. The number of allylic oxidation sites excluding steroid dienone is 1. The minimum absolute atomic E-state index is 0.153. The van der Waals surface area contributed by atoms with Gasteiger partial charge in [0.2, 0.25) is 11.1 Å². The van der Waals surface area contributed by atoms with E-state index in [0.717, 1.165) is 17.3 Å². The maximum absolute atomic E-state index is 14.2. The summed E-state index contributed by atoms with van der Waals surface area (Å²) in [6.07, 6.45) is 2.56. The van der Waals surface area contributed by atoms with Crippen molar-refractivity contribution in [1.82, 2.24) is 14.5 Å². The molecule has 0 spiro atoms. The average Bonchev–Trinajstić information content (AvgIpc) is 3.24. The number of ether oxygens (including phenoxy) is 3. The van der Waals surface area contributed by atoms with E-state index in [1.165, 1.54) is 23.0 Å². The highest BCUT2D eigenvalue weighted by Gasteiger charge is 2.33. The predicted octanol–water partition coefficient (Wildman–Crippen LogP) is 4.49. The lowest BCUT2D eigenvalue weighted by atomic mass is 9.95. The van der Waals surface area contributed by atoms with Gasteiger partial charge < -0.3 is 14.2 Å². The minimum Gasteiger partial charge on any atom is -0.493 e. The number of esters is 1. The monoisotopic (exact) mass is 594 g/mol. The zero-order valence-electron chi connectivity index (χ0n) is 22.5. The number of benzene rings is 2. The van der Waals surface area contributed by atoms with E-state index in [-0.39, 0.29) is 29.1 Å². The molecule has 0 N–H and O–H groups in total. The quantitative estimate of drug-likeness (QED) is 0.229. The number of rotatable bonds is 7. The Hall–Kier alpha value is -4.35. The molecule has 0 radical (unpaired) electrons. The number of carbonyl (C=O) groups is 1. The van der Waals surface area contributed by atoms with Crippen molar-refractivity contribution in [2.45, 2.75) is 26.8 Å². The van der Waals surface area contributed by atoms with Gasteiger partial charge in [-0.3, -0.25) is 9.36 Å². The number of fused-ring (bicyclic) bond motifs is 1. The zero-order valence-corrected chi connectivity index (χ0v) is 24.0. The van der Waals surface area contributed by atoms with Crippen molar-refractivity contribution in [2.24, 2.45) is 4.99 Å². The first-order valence-electron chi connectivity index (χ1n) is 12.5. The number of aryl methyl sites for hydroxylation is 1. The molecule has 0 amide bonds. The van der Waals surface area contributed by atoms with Crippen LogP contribution in [0, 0.1) is 12.7 Å². The van der Waals surface area contributed by atoms with Gasteiger partial charge >= 0.3 is 5.97 Å². The summed E-state index contributed by atoms with van der Waals surface area (Å²) < 4.78 is 32.5. The Morgan fingerprint density at radius 1 is 1.17 bits per heavy atom. The third-order valence-electron chi connectivity index (χ3n) is 6.28. The van der Waals surface area contributed by atoms with E-state index >= 15 is 0 Å². The molecule has 0 bridgehead atoms. The first kappa shape index (κ1) is 28.2. The number of halogens is 2. The minimum atomic E-state index is -0.806. The summed E-state index contributed by atoms with van der Waals surface area (Å²) in [7, 11) is 1.44. The fraction of sp³-hybridized carbons (Fsp3) is 0.207. The van der Waals surface area contributed by atoms with Gasteiger partial charge in [-0.25, -0.2) is 14.8 Å². The van der Waals surface area contributed by atoms with Crippen LogP contribution in [0.3, 0.4) is 0 Å². The van der Waals surface area contributed by atoms with Crippen molar-refractivity contribution >= 4 is 35.0 Å². The second-order valence-corrected chi connectivity index (χ2v) is 10.4. The molecule has 210 valence electrons. The first-order valence-corrected chi connectivity index (χ1v) is 13.7. The molecule has 2 aromatic heterocycles. The Balaban J connectivity index is 1.63. The number of carbonyl (C=O) groups excluding carboxylic acids is 1. The molecule has 1 aliphatic rings. The van der Waals surface area contributed by atoms with Crippen LogP contribution in [0.4, 0.5) is 4.39 Å². The highest BCUT2D eigenvalue weighted by atomic mass is 35.5. The molecule has 9 nitrogen and oxygen atoms in total. The first-order chi connectivity index (χ1) is 19.7. The van der Waals surface area contributed by atoms with E-state index in [4.69, 9.17) is 25.8 Å². The summed E-state index contributed by atoms with van der Waals surface area (Å²) >= 11 is 6.99. The van der Waals surface area contributed by atoms with E-state index in [0.29, 0.717) is 31.9 Å². The molecule has 2 aromatic carbocycles. The average molecular weight is 595 g/mol. The summed E-state index contributed by atoms with van der Waals surface area (Å²) in [6.45, 7) is 5.61. The zero-order chi connectivity index (χ0) is 29.3. The van der Waals surface area contributed by atoms with Crippen molar-refractivity contribution in [2.75, 3.05) is 13.7 Å². The molecule has 1 aliphatic heterocycles. The van der Waals surface area contributed by atoms with E-state index in [2.05, 4.69) is 15.0 Å². The third-order valence-corrected chi connectivity index (χ3v) is 7.45. The fourth-order valence-corrected chi connectivity index (χ4v) is 5.55. The fourth-order valence-electron chi connectivity index (χ4n) is 4.38. The number of nitrogens with zero attached hydrogens (tertiary/aromatic N) is 4. The van der Waals surface area contributed by atoms with Crippen molar-refractivity contribution in [3.05, 3.63) is 107 Å². The van der Waals surface area contributed by atoms with Gasteiger partial charge in [0, 0.05) is 0 Å². The molecule has 1 atom stereocenters. The molecule has 5 rings (SSSR count). The standard InChI is InChI=1S/C29H24ClFN4O5S/c1-5-39-27(37)23-16(3)33-29-35(24(23)18-9-6-15(2)7-10-18)26(36)22(41-29)13-17-8-11-20(38-4)21(12-17)40-25-19(31)14-32-28(30)34-25/h6-14,24H,5H2,1-4H3/b22-13-/t24-/m0/s1. The number of aromatic nitrogens is 3. The number of thiazole rings is 1. The lowest BCUT2D eigenvalue weighted by Gasteiger charge is -2.24. The van der Waals surface area contributed by atoms with Gasteiger partial charge in [-0.05, 0) is 61.7 Å². The van der Waals surface area contributed by atoms with Crippen LogP contribution in [0.15, 0.2) is 69.7 Å². The second-order valence-electron chi connectivity index (χ2n) is 9.02. The lowest BCUT2D eigenvalue weighted by Crippen LogP contribution is -2.39. The van der Waals surface area contributed by atoms with Gasteiger partial charge in [-0.15, -0.1) is 0 Å². The van der Waals surface area contributed by atoms with Crippen molar-refractivity contribution in [1.29, 1.82) is 0 Å². The molecule has 41 heavy (non-hydrogen) atoms. The molecule has 0 unspecified atom stereocenters. The van der Waals surface area contributed by atoms with E-state index in [1.807, 2.05) is 31.2 Å². The van der Waals surface area contributed by atoms with Gasteiger partial charge in [-0.1, -0.05) is 47.2 Å². The van der Waals surface area contributed by atoms with Gasteiger partial charge in [0.1, 0.15) is 0 Å². The van der Waals surface area contributed by atoms with Gasteiger partial charge in [-0.2, -0.15) is 9.37 Å². The predicted molar refractivity (Wildman–Crippen MR) is 152 cm³/mol. The summed E-state index contributed by atoms with van der Waals surface area (Å²) in [5, 5.41) is -0.182. The molecule has 3 heterocycles.